The molecule has 0 saturated carbocycles. The van der Waals surface area contributed by atoms with E-state index in [2.05, 4.69) is 17.1 Å². The van der Waals surface area contributed by atoms with Crippen LogP contribution in [0.15, 0.2) is 42.7 Å². The fourth-order valence-corrected chi connectivity index (χ4v) is 1.03. The lowest BCUT2D eigenvalue weighted by molar-refractivity contribution is 0.490. The van der Waals surface area contributed by atoms with Gasteiger partial charge in [0.1, 0.15) is 0 Å². The summed E-state index contributed by atoms with van der Waals surface area (Å²) in [5.74, 6) is 0. The van der Waals surface area contributed by atoms with E-state index in [1.165, 1.54) is 10.8 Å². The lowest BCUT2D eigenvalue weighted by atomic mass is 10.2. The molecular formula is C10H11NO3S. The van der Waals surface area contributed by atoms with E-state index < -0.39 is 10.1 Å². The Morgan fingerprint density at radius 3 is 2.20 bits per heavy atom. The number of pyridine rings is 1. The summed E-state index contributed by atoms with van der Waals surface area (Å²) in [5, 5.41) is 2.45. The van der Waals surface area contributed by atoms with Crippen molar-refractivity contribution < 1.29 is 13.0 Å². The number of rotatable bonds is 0. The van der Waals surface area contributed by atoms with Gasteiger partial charge < -0.3 is 0 Å². The van der Waals surface area contributed by atoms with Crippen LogP contribution in [0.5, 0.6) is 0 Å². The molecule has 0 spiro atoms. The average molecular weight is 225 g/mol. The second kappa shape index (κ2) is 4.86. The van der Waals surface area contributed by atoms with Crippen molar-refractivity contribution in [2.75, 3.05) is 6.26 Å². The van der Waals surface area contributed by atoms with Crippen LogP contribution in [0, 0.1) is 0 Å². The van der Waals surface area contributed by atoms with Gasteiger partial charge in [0, 0.05) is 12.4 Å². The Kier molecular flexibility index (Phi) is 3.76. The zero-order valence-electron chi connectivity index (χ0n) is 8.16. The van der Waals surface area contributed by atoms with Crippen molar-refractivity contribution >= 4 is 20.9 Å². The second-order valence-electron chi connectivity index (χ2n) is 2.96. The maximum atomic E-state index is 9.19. The number of hydrogen-bond acceptors (Lipinski definition) is 3. The predicted molar refractivity (Wildman–Crippen MR) is 59.2 cm³/mol. The van der Waals surface area contributed by atoms with Gasteiger partial charge in [0.2, 0.25) is 0 Å². The third kappa shape index (κ3) is 5.09. The van der Waals surface area contributed by atoms with Gasteiger partial charge in [-0.2, -0.15) is 8.42 Å². The highest BCUT2D eigenvalue weighted by Gasteiger charge is 1.86. The summed E-state index contributed by atoms with van der Waals surface area (Å²) in [5.41, 5.74) is 0. The predicted octanol–water partition coefficient (Wildman–Crippen LogP) is 1.74. The number of benzene rings is 1. The molecule has 0 amide bonds. The molecule has 15 heavy (non-hydrogen) atoms. The fourth-order valence-electron chi connectivity index (χ4n) is 1.03. The van der Waals surface area contributed by atoms with Crippen molar-refractivity contribution in [3.8, 4) is 0 Å². The van der Waals surface area contributed by atoms with Crippen LogP contribution in [0.1, 0.15) is 0 Å². The summed E-state index contributed by atoms with van der Waals surface area (Å²) in [4.78, 5) is 4.01. The minimum Gasteiger partial charge on any atom is -0.286 e. The van der Waals surface area contributed by atoms with Crippen molar-refractivity contribution in [1.82, 2.24) is 4.98 Å². The zero-order chi connectivity index (χ0) is 11.3. The van der Waals surface area contributed by atoms with Gasteiger partial charge in [-0.3, -0.25) is 9.54 Å². The van der Waals surface area contributed by atoms with Gasteiger partial charge in [-0.15, -0.1) is 0 Å². The molecule has 0 radical (unpaired) electrons. The highest BCUT2D eigenvalue weighted by Crippen LogP contribution is 2.09. The maximum absolute atomic E-state index is 9.19. The van der Waals surface area contributed by atoms with Crippen LogP contribution in [0.25, 0.3) is 10.8 Å². The number of fused-ring (bicyclic) bond motifs is 1. The molecule has 0 fully saturated rings. The van der Waals surface area contributed by atoms with Crippen molar-refractivity contribution in [3.05, 3.63) is 42.7 Å². The van der Waals surface area contributed by atoms with E-state index in [9.17, 15) is 8.42 Å². The number of nitrogens with zero attached hydrogens (tertiary/aromatic N) is 1. The molecule has 2 rings (SSSR count). The summed E-state index contributed by atoms with van der Waals surface area (Å²) >= 11 is 0. The molecule has 0 saturated heterocycles. The average Bonchev–Trinajstić information content (AvgIpc) is 2.16. The lowest BCUT2D eigenvalue weighted by Crippen LogP contribution is -1.88. The van der Waals surface area contributed by atoms with Gasteiger partial charge >= 0.3 is 0 Å². The van der Waals surface area contributed by atoms with E-state index in [0.717, 1.165) is 0 Å². The molecule has 1 N–H and O–H groups in total. The molecule has 4 nitrogen and oxygen atoms in total. The molecule has 0 bridgehead atoms. The summed E-state index contributed by atoms with van der Waals surface area (Å²) < 4.78 is 25.9. The van der Waals surface area contributed by atoms with Crippen molar-refractivity contribution in [2.24, 2.45) is 0 Å². The van der Waals surface area contributed by atoms with Gasteiger partial charge in [0.25, 0.3) is 10.1 Å². The van der Waals surface area contributed by atoms with Gasteiger partial charge in [-0.1, -0.05) is 24.3 Å². The Labute approximate surface area is 88.3 Å². The molecule has 80 valence electrons. The molecule has 1 aromatic heterocycles. The largest absolute Gasteiger partial charge is 0.286 e. The Morgan fingerprint density at radius 1 is 1.13 bits per heavy atom. The maximum Gasteiger partial charge on any atom is 0.261 e. The first-order valence-electron chi connectivity index (χ1n) is 4.18. The van der Waals surface area contributed by atoms with E-state index in [-0.39, 0.29) is 0 Å². The molecule has 0 aliphatic heterocycles. The molecule has 5 heteroatoms. The zero-order valence-corrected chi connectivity index (χ0v) is 8.98. The molecule has 0 aliphatic rings. The first kappa shape index (κ1) is 11.6. The highest BCUT2D eigenvalue weighted by molar-refractivity contribution is 7.85. The summed E-state index contributed by atoms with van der Waals surface area (Å²) in [6.45, 7) is 0. The molecule has 0 unspecified atom stereocenters. The molecular weight excluding hydrogens is 214 g/mol. The standard InChI is InChI=1S/C9H7N.CH4O3S/c1-2-4-9-7-10-6-5-8(9)3-1;1-5(2,3)4/h1-7H;1H3,(H,2,3,4). The quantitative estimate of drug-likeness (QED) is 0.693. The van der Waals surface area contributed by atoms with E-state index in [0.29, 0.717) is 6.26 Å². The lowest BCUT2D eigenvalue weighted by Gasteiger charge is -1.91. The molecule has 1 aromatic carbocycles. The third-order valence-corrected chi connectivity index (χ3v) is 1.55. The summed E-state index contributed by atoms with van der Waals surface area (Å²) in [6.07, 6.45) is 4.39. The van der Waals surface area contributed by atoms with Crippen LogP contribution in [0.4, 0.5) is 0 Å². The molecule has 1 heterocycles. The van der Waals surface area contributed by atoms with Crippen LogP contribution >= 0.6 is 0 Å². The van der Waals surface area contributed by atoms with Crippen molar-refractivity contribution in [3.63, 3.8) is 0 Å². The normalized spacial score (nSPS) is 10.5. The number of aromatic nitrogens is 1. The Morgan fingerprint density at radius 2 is 1.67 bits per heavy atom. The van der Waals surface area contributed by atoms with Crippen molar-refractivity contribution in [2.45, 2.75) is 0 Å². The van der Waals surface area contributed by atoms with E-state index in [1.54, 1.807) is 0 Å². The van der Waals surface area contributed by atoms with E-state index in [1.807, 2.05) is 30.6 Å². The van der Waals surface area contributed by atoms with E-state index in [4.69, 9.17) is 4.55 Å². The van der Waals surface area contributed by atoms with Crippen LogP contribution in [0.2, 0.25) is 0 Å². The second-order valence-corrected chi connectivity index (χ2v) is 4.42. The highest BCUT2D eigenvalue weighted by atomic mass is 32.2. The van der Waals surface area contributed by atoms with Crippen LogP contribution in [-0.2, 0) is 10.1 Å². The van der Waals surface area contributed by atoms with Crippen molar-refractivity contribution in [1.29, 1.82) is 0 Å². The first-order chi connectivity index (χ1) is 6.97. The third-order valence-electron chi connectivity index (χ3n) is 1.55. The fraction of sp³-hybridized carbons (Fsp3) is 0.100. The monoisotopic (exact) mass is 225 g/mol. The van der Waals surface area contributed by atoms with Gasteiger partial charge in [0.15, 0.2) is 0 Å². The Bertz CT molecular complexity index is 464. The van der Waals surface area contributed by atoms with Crippen LogP contribution < -0.4 is 0 Å². The minimum atomic E-state index is -3.67. The number of hydrogen-bond donors (Lipinski definition) is 1. The SMILES string of the molecule is CS(=O)(=O)O.c1ccc2cnccc2c1. The molecule has 0 aliphatic carbocycles. The Hall–Kier alpha value is -1.46. The smallest absolute Gasteiger partial charge is 0.261 e. The topological polar surface area (TPSA) is 67.3 Å². The molecule has 0 atom stereocenters. The summed E-state index contributed by atoms with van der Waals surface area (Å²) in [7, 11) is -3.67. The summed E-state index contributed by atoms with van der Waals surface area (Å²) in [6, 6.07) is 10.2. The van der Waals surface area contributed by atoms with Gasteiger partial charge in [0.05, 0.1) is 6.26 Å². The van der Waals surface area contributed by atoms with E-state index >= 15 is 0 Å². The first-order valence-corrected chi connectivity index (χ1v) is 6.03. The van der Waals surface area contributed by atoms with Crippen LogP contribution in [-0.4, -0.2) is 24.2 Å². The van der Waals surface area contributed by atoms with Gasteiger partial charge in [-0.05, 0) is 16.8 Å². The molecule has 2 aromatic rings. The van der Waals surface area contributed by atoms with Crippen LogP contribution in [0.3, 0.4) is 0 Å². The van der Waals surface area contributed by atoms with Gasteiger partial charge in [-0.25, -0.2) is 0 Å². The minimum absolute atomic E-state index is 0.715. The Balaban J connectivity index is 0.000000195.